The van der Waals surface area contributed by atoms with Gasteiger partial charge in [0.2, 0.25) is 5.91 Å². The van der Waals surface area contributed by atoms with E-state index in [1.165, 1.54) is 0 Å². The molecule has 1 spiro atoms. The lowest BCUT2D eigenvalue weighted by atomic mass is 9.85. The van der Waals surface area contributed by atoms with E-state index < -0.39 is 5.54 Å². The van der Waals surface area contributed by atoms with Crippen LogP contribution >= 0.6 is 0 Å². The summed E-state index contributed by atoms with van der Waals surface area (Å²) < 4.78 is 5.72. The van der Waals surface area contributed by atoms with Gasteiger partial charge in [-0.3, -0.25) is 14.4 Å². The zero-order valence-electron chi connectivity index (χ0n) is 22.8. The molecule has 38 heavy (non-hydrogen) atoms. The van der Waals surface area contributed by atoms with E-state index in [1.54, 1.807) is 4.90 Å². The van der Waals surface area contributed by atoms with Crippen LogP contribution in [0, 0.1) is 0 Å². The number of benzene rings is 2. The summed E-state index contributed by atoms with van der Waals surface area (Å²) in [5.74, 6) is 0.537. The lowest BCUT2D eigenvalue weighted by Gasteiger charge is -2.43. The van der Waals surface area contributed by atoms with Gasteiger partial charge in [0, 0.05) is 30.4 Å². The van der Waals surface area contributed by atoms with Gasteiger partial charge in [0.15, 0.2) is 0 Å². The fourth-order valence-corrected chi connectivity index (χ4v) is 5.21. The largest absolute Gasteiger partial charge is 0.494 e. The van der Waals surface area contributed by atoms with E-state index in [-0.39, 0.29) is 30.3 Å². The Morgan fingerprint density at radius 2 is 1.71 bits per heavy atom. The molecular weight excluding hydrogens is 480 g/mol. The number of nitrogens with zero attached hydrogens (tertiary/aromatic N) is 3. The summed E-state index contributed by atoms with van der Waals surface area (Å²) >= 11 is 0. The molecule has 1 N–H and O–H groups in total. The third-order valence-corrected chi connectivity index (χ3v) is 7.68. The van der Waals surface area contributed by atoms with E-state index in [0.29, 0.717) is 44.8 Å². The Labute approximate surface area is 225 Å². The highest BCUT2D eigenvalue weighted by Crippen LogP contribution is 2.39. The molecule has 0 saturated carbocycles. The number of para-hydroxylation sites is 1. The van der Waals surface area contributed by atoms with Gasteiger partial charge >= 0.3 is 0 Å². The fraction of sp³-hybridized carbons (Fsp3) is 0.500. The van der Waals surface area contributed by atoms with Crippen molar-refractivity contribution >= 4 is 23.4 Å². The van der Waals surface area contributed by atoms with Gasteiger partial charge in [-0.15, -0.1) is 0 Å². The summed E-state index contributed by atoms with van der Waals surface area (Å²) in [7, 11) is 0. The summed E-state index contributed by atoms with van der Waals surface area (Å²) in [5.41, 5.74) is 0.792. The van der Waals surface area contributed by atoms with Gasteiger partial charge in [0.1, 0.15) is 17.8 Å². The number of likely N-dealkylation sites (tertiary alicyclic amines) is 1. The second-order valence-electron chi connectivity index (χ2n) is 10.3. The van der Waals surface area contributed by atoms with Gasteiger partial charge in [-0.1, -0.05) is 38.5 Å². The third kappa shape index (κ3) is 5.95. The maximum Gasteiger partial charge on any atom is 0.253 e. The van der Waals surface area contributed by atoms with Gasteiger partial charge in [0.25, 0.3) is 11.8 Å². The van der Waals surface area contributed by atoms with Crippen molar-refractivity contribution in [1.82, 2.24) is 15.1 Å². The molecular formula is C30H40N4O4. The maximum absolute atomic E-state index is 13.8. The van der Waals surface area contributed by atoms with Crippen LogP contribution in [-0.4, -0.2) is 72.0 Å². The molecule has 0 radical (unpaired) electrons. The van der Waals surface area contributed by atoms with Crippen LogP contribution in [0.3, 0.4) is 0 Å². The lowest BCUT2D eigenvalue weighted by Crippen LogP contribution is -2.57. The number of nitrogens with one attached hydrogen (secondary N) is 1. The Kier molecular flexibility index (Phi) is 8.92. The number of carbonyl (C=O) groups excluding carboxylic acids is 3. The number of rotatable bonds is 10. The quantitative estimate of drug-likeness (QED) is 0.478. The normalized spacial score (nSPS) is 17.6. The van der Waals surface area contributed by atoms with Crippen molar-refractivity contribution in [3.8, 4) is 5.75 Å². The molecule has 2 aromatic rings. The van der Waals surface area contributed by atoms with Gasteiger partial charge in [-0.05, 0) is 69.0 Å². The number of anilines is 1. The molecule has 4 rings (SSSR count). The van der Waals surface area contributed by atoms with Crippen molar-refractivity contribution in [2.45, 2.75) is 64.5 Å². The molecule has 1 atom stereocenters. The second kappa shape index (κ2) is 12.3. The standard InChI is InChI=1S/C30H40N4O4/c1-4-6-20-38-26-14-12-24(13-15-26)28(36)32-18-16-30(17-19-32)29(37)33(21-27(35)31-23(3)5-2)22-34(30)25-10-8-7-9-11-25/h7-15,23H,4-6,16-22H2,1-3H3,(H,31,35). The first-order chi connectivity index (χ1) is 18.4. The van der Waals surface area contributed by atoms with E-state index in [0.717, 1.165) is 30.7 Å². The number of ether oxygens (including phenoxy) is 1. The Bertz CT molecular complexity index is 1100. The average molecular weight is 521 g/mol. The van der Waals surface area contributed by atoms with E-state index in [2.05, 4.69) is 17.1 Å². The first kappa shape index (κ1) is 27.5. The summed E-state index contributed by atoms with van der Waals surface area (Å²) in [6, 6.07) is 17.2. The van der Waals surface area contributed by atoms with Crippen LogP contribution in [0.15, 0.2) is 54.6 Å². The second-order valence-corrected chi connectivity index (χ2v) is 10.3. The number of hydrogen-bond acceptors (Lipinski definition) is 5. The minimum atomic E-state index is -0.772. The molecule has 0 aromatic heterocycles. The van der Waals surface area contributed by atoms with Crippen molar-refractivity contribution in [2.75, 3.05) is 37.8 Å². The molecule has 0 bridgehead atoms. The third-order valence-electron chi connectivity index (χ3n) is 7.68. The van der Waals surface area contributed by atoms with Crippen molar-refractivity contribution < 1.29 is 19.1 Å². The molecule has 2 aromatic carbocycles. The summed E-state index contributed by atoms with van der Waals surface area (Å²) in [5, 5.41) is 2.97. The van der Waals surface area contributed by atoms with Crippen LogP contribution in [-0.2, 0) is 9.59 Å². The highest BCUT2D eigenvalue weighted by atomic mass is 16.5. The highest BCUT2D eigenvalue weighted by molar-refractivity contribution is 5.97. The molecule has 204 valence electrons. The molecule has 2 fully saturated rings. The molecule has 2 aliphatic heterocycles. The van der Waals surface area contributed by atoms with Crippen molar-refractivity contribution in [3.63, 3.8) is 0 Å². The number of piperidine rings is 1. The van der Waals surface area contributed by atoms with Gasteiger partial charge < -0.3 is 24.8 Å². The predicted octanol–water partition coefficient (Wildman–Crippen LogP) is 4.06. The van der Waals surface area contributed by atoms with Crippen LogP contribution in [0.5, 0.6) is 5.75 Å². The molecule has 2 aliphatic rings. The fourth-order valence-electron chi connectivity index (χ4n) is 5.21. The predicted molar refractivity (Wildman–Crippen MR) is 148 cm³/mol. The van der Waals surface area contributed by atoms with E-state index in [1.807, 2.05) is 73.3 Å². The van der Waals surface area contributed by atoms with Gasteiger partial charge in [-0.25, -0.2) is 0 Å². The van der Waals surface area contributed by atoms with Gasteiger partial charge in [-0.2, -0.15) is 0 Å². The first-order valence-electron chi connectivity index (χ1n) is 13.8. The topological polar surface area (TPSA) is 82.2 Å². The minimum absolute atomic E-state index is 0.0313. The molecule has 1 unspecified atom stereocenters. The molecule has 2 saturated heterocycles. The van der Waals surface area contributed by atoms with Crippen LogP contribution in [0.1, 0.15) is 63.2 Å². The van der Waals surface area contributed by atoms with Crippen molar-refractivity contribution in [2.24, 2.45) is 0 Å². The molecule has 3 amide bonds. The van der Waals surface area contributed by atoms with Crippen LogP contribution in [0.2, 0.25) is 0 Å². The average Bonchev–Trinajstić information content (AvgIpc) is 3.20. The minimum Gasteiger partial charge on any atom is -0.494 e. The Balaban J connectivity index is 1.46. The van der Waals surface area contributed by atoms with Crippen molar-refractivity contribution in [3.05, 3.63) is 60.2 Å². The summed E-state index contributed by atoms with van der Waals surface area (Å²) in [6.45, 7) is 8.08. The number of unbranched alkanes of at least 4 members (excludes halogenated alkanes) is 1. The van der Waals surface area contributed by atoms with Crippen LogP contribution in [0.4, 0.5) is 5.69 Å². The summed E-state index contributed by atoms with van der Waals surface area (Å²) in [4.78, 5) is 45.3. The summed E-state index contributed by atoms with van der Waals surface area (Å²) in [6.07, 6.45) is 3.91. The number of hydrogen-bond donors (Lipinski definition) is 1. The molecule has 8 heteroatoms. The van der Waals surface area contributed by atoms with E-state index in [4.69, 9.17) is 4.74 Å². The molecule has 8 nitrogen and oxygen atoms in total. The zero-order chi connectivity index (χ0) is 27.1. The van der Waals surface area contributed by atoms with Crippen LogP contribution < -0.4 is 15.0 Å². The van der Waals surface area contributed by atoms with Crippen LogP contribution in [0.25, 0.3) is 0 Å². The molecule has 0 aliphatic carbocycles. The van der Waals surface area contributed by atoms with Gasteiger partial charge in [0.05, 0.1) is 13.3 Å². The Hall–Kier alpha value is -3.55. The van der Waals surface area contributed by atoms with Crippen molar-refractivity contribution in [1.29, 1.82) is 0 Å². The number of carbonyl (C=O) groups is 3. The Morgan fingerprint density at radius 3 is 2.34 bits per heavy atom. The highest BCUT2D eigenvalue weighted by Gasteiger charge is 2.54. The number of amides is 3. The maximum atomic E-state index is 13.8. The molecule has 2 heterocycles. The first-order valence-corrected chi connectivity index (χ1v) is 13.8. The SMILES string of the molecule is CCCCOc1ccc(C(=O)N2CCC3(CC2)C(=O)N(CC(=O)NC(C)CC)CN3c2ccccc2)cc1. The lowest BCUT2D eigenvalue weighted by molar-refractivity contribution is -0.137. The van der Waals surface area contributed by atoms with E-state index >= 15 is 0 Å². The Morgan fingerprint density at radius 1 is 1.03 bits per heavy atom. The van der Waals surface area contributed by atoms with E-state index in [9.17, 15) is 14.4 Å². The zero-order valence-corrected chi connectivity index (χ0v) is 22.8. The smallest absolute Gasteiger partial charge is 0.253 e. The monoisotopic (exact) mass is 520 g/mol.